The van der Waals surface area contributed by atoms with Crippen molar-refractivity contribution in [3.8, 4) is 0 Å². The monoisotopic (exact) mass is 1120 g/mol. The molecule has 0 heterocycles. The third-order valence-corrected chi connectivity index (χ3v) is 16.1. The predicted molar refractivity (Wildman–Crippen MR) is 349 cm³/mol. The number of ether oxygens (including phenoxy) is 3. The van der Waals surface area contributed by atoms with Crippen LogP contribution < -0.4 is 0 Å². The summed E-state index contributed by atoms with van der Waals surface area (Å²) in [5.41, 5.74) is 0. The Bertz CT molecular complexity index is 1380. The maximum atomic E-state index is 13.0. The summed E-state index contributed by atoms with van der Waals surface area (Å²) in [6.45, 7) is 6.60. The second-order valence-corrected chi connectivity index (χ2v) is 24.1. The number of allylic oxidation sites excluding steroid dienone is 8. The van der Waals surface area contributed by atoms with Crippen molar-refractivity contribution in [3.63, 3.8) is 0 Å². The van der Waals surface area contributed by atoms with Gasteiger partial charge in [-0.25, -0.2) is 0 Å². The first-order valence-electron chi connectivity index (χ1n) is 35.6. The van der Waals surface area contributed by atoms with Crippen molar-refractivity contribution >= 4 is 17.9 Å². The van der Waals surface area contributed by atoms with Crippen LogP contribution in [0, 0.1) is 0 Å². The van der Waals surface area contributed by atoms with Gasteiger partial charge < -0.3 is 14.2 Å². The molecule has 0 saturated carbocycles. The zero-order valence-electron chi connectivity index (χ0n) is 53.9. The Labute approximate surface area is 498 Å². The highest BCUT2D eigenvalue weighted by molar-refractivity contribution is 5.71. The SMILES string of the molecule is CC/C=C\C/C=C\C/C=C\C/C=C\CCCCCCCCCCCCCCCCC(=O)OCC(COC(=O)CCCCCCCCCCCCCCC)OC(=O)CCCCCCCCCCCCCCCCCCCCCCCC. The summed E-state index contributed by atoms with van der Waals surface area (Å²) in [5.74, 6) is -0.836. The molecule has 0 aliphatic heterocycles. The quantitative estimate of drug-likeness (QED) is 0.0261. The third kappa shape index (κ3) is 66.2. The zero-order valence-corrected chi connectivity index (χ0v) is 53.9. The van der Waals surface area contributed by atoms with Gasteiger partial charge >= 0.3 is 17.9 Å². The van der Waals surface area contributed by atoms with E-state index in [0.29, 0.717) is 19.3 Å². The lowest BCUT2D eigenvalue weighted by Gasteiger charge is -2.18. The van der Waals surface area contributed by atoms with E-state index >= 15 is 0 Å². The van der Waals surface area contributed by atoms with E-state index in [4.69, 9.17) is 14.2 Å². The van der Waals surface area contributed by atoms with Gasteiger partial charge in [0.15, 0.2) is 6.10 Å². The molecule has 468 valence electrons. The number of rotatable bonds is 66. The van der Waals surface area contributed by atoms with Gasteiger partial charge in [-0.1, -0.05) is 358 Å². The van der Waals surface area contributed by atoms with Crippen molar-refractivity contribution in [2.75, 3.05) is 13.2 Å². The van der Waals surface area contributed by atoms with Crippen molar-refractivity contribution in [1.82, 2.24) is 0 Å². The summed E-state index contributed by atoms with van der Waals surface area (Å²) in [7, 11) is 0. The Morgan fingerprint density at radius 3 is 0.762 bits per heavy atom. The maximum absolute atomic E-state index is 13.0. The van der Waals surface area contributed by atoms with Crippen LogP contribution in [-0.4, -0.2) is 37.2 Å². The normalized spacial score (nSPS) is 12.3. The standard InChI is InChI=1S/C74H136O6/c1-4-7-10-13-16-19-22-25-27-29-31-33-35-36-37-38-39-41-42-44-46-49-52-55-58-61-64-67-73(76)79-70-71(69-78-72(75)66-63-60-57-54-51-48-24-21-18-15-12-9-6-3)80-74(77)68-65-62-59-56-53-50-47-45-43-40-34-32-30-28-26-23-20-17-14-11-8-5-2/h7,10,16,19,25,27,31,33,71H,4-6,8-9,11-15,17-18,20-24,26,28-30,32,34-70H2,1-3H3/b10-7-,19-16-,27-25-,33-31-. The molecule has 0 aliphatic carbocycles. The molecule has 0 N–H and O–H groups in total. The molecule has 0 fully saturated rings. The molecule has 1 atom stereocenters. The Hall–Kier alpha value is -2.63. The number of esters is 3. The molecule has 0 aromatic carbocycles. The fourth-order valence-electron chi connectivity index (χ4n) is 10.8. The highest BCUT2D eigenvalue weighted by atomic mass is 16.6. The number of hydrogen-bond acceptors (Lipinski definition) is 6. The number of hydrogen-bond donors (Lipinski definition) is 0. The minimum absolute atomic E-state index is 0.0661. The van der Waals surface area contributed by atoms with E-state index in [9.17, 15) is 14.4 Å². The maximum Gasteiger partial charge on any atom is 0.306 e. The molecule has 0 aromatic heterocycles. The molecular formula is C74H136O6. The molecule has 0 amide bonds. The lowest BCUT2D eigenvalue weighted by molar-refractivity contribution is -0.167. The molecule has 0 bridgehead atoms. The van der Waals surface area contributed by atoms with Crippen LogP contribution in [-0.2, 0) is 28.6 Å². The first-order valence-corrected chi connectivity index (χ1v) is 35.6. The van der Waals surface area contributed by atoms with E-state index in [1.54, 1.807) is 0 Å². The molecule has 0 spiro atoms. The van der Waals surface area contributed by atoms with Gasteiger partial charge in [-0.2, -0.15) is 0 Å². The average Bonchev–Trinajstić information content (AvgIpc) is 3.46. The molecule has 0 saturated heterocycles. The van der Waals surface area contributed by atoms with Gasteiger partial charge in [0.25, 0.3) is 0 Å². The van der Waals surface area contributed by atoms with Gasteiger partial charge in [-0.15, -0.1) is 0 Å². The van der Waals surface area contributed by atoms with E-state index in [1.165, 1.54) is 263 Å². The predicted octanol–water partition coefficient (Wildman–Crippen LogP) is 24.5. The Kier molecular flexibility index (Phi) is 66.6. The molecule has 0 radical (unpaired) electrons. The van der Waals surface area contributed by atoms with Crippen LogP contribution in [0.25, 0.3) is 0 Å². The summed E-state index contributed by atoms with van der Waals surface area (Å²) in [6.07, 6.45) is 87.1. The molecule has 0 aromatic rings. The second kappa shape index (κ2) is 68.9. The molecule has 1 unspecified atom stereocenters. The van der Waals surface area contributed by atoms with Crippen LogP contribution in [0.5, 0.6) is 0 Å². The summed E-state index contributed by atoms with van der Waals surface area (Å²) in [4.78, 5) is 38.4. The summed E-state index contributed by atoms with van der Waals surface area (Å²) < 4.78 is 17.0. The van der Waals surface area contributed by atoms with Gasteiger partial charge in [-0.05, 0) is 57.8 Å². The largest absolute Gasteiger partial charge is 0.462 e. The van der Waals surface area contributed by atoms with E-state index in [2.05, 4.69) is 69.4 Å². The molecule has 6 nitrogen and oxygen atoms in total. The Morgan fingerprint density at radius 1 is 0.263 bits per heavy atom. The molecule has 0 rings (SSSR count). The fraction of sp³-hybridized carbons (Fsp3) is 0.851. The first kappa shape index (κ1) is 77.4. The topological polar surface area (TPSA) is 78.9 Å². The van der Waals surface area contributed by atoms with Crippen molar-refractivity contribution in [3.05, 3.63) is 48.6 Å². The summed E-state index contributed by atoms with van der Waals surface area (Å²) >= 11 is 0. The van der Waals surface area contributed by atoms with E-state index in [-0.39, 0.29) is 31.1 Å². The van der Waals surface area contributed by atoms with Crippen molar-refractivity contribution in [1.29, 1.82) is 0 Å². The smallest absolute Gasteiger partial charge is 0.306 e. The van der Waals surface area contributed by atoms with Crippen molar-refractivity contribution < 1.29 is 28.6 Å². The Morgan fingerprint density at radius 2 is 0.487 bits per heavy atom. The van der Waals surface area contributed by atoms with Gasteiger partial charge in [0.2, 0.25) is 0 Å². The minimum Gasteiger partial charge on any atom is -0.462 e. The molecule has 6 heteroatoms. The van der Waals surface area contributed by atoms with Crippen molar-refractivity contribution in [2.24, 2.45) is 0 Å². The van der Waals surface area contributed by atoms with Crippen LogP contribution in [0.1, 0.15) is 387 Å². The van der Waals surface area contributed by atoms with E-state index in [0.717, 1.165) is 83.5 Å². The van der Waals surface area contributed by atoms with Gasteiger partial charge in [0.05, 0.1) is 0 Å². The lowest BCUT2D eigenvalue weighted by atomic mass is 10.0. The molecule has 80 heavy (non-hydrogen) atoms. The lowest BCUT2D eigenvalue weighted by Crippen LogP contribution is -2.30. The number of carbonyl (C=O) groups is 3. The van der Waals surface area contributed by atoms with Crippen LogP contribution in [0.3, 0.4) is 0 Å². The van der Waals surface area contributed by atoms with Crippen LogP contribution >= 0.6 is 0 Å². The summed E-state index contributed by atoms with van der Waals surface area (Å²) in [5, 5.41) is 0. The third-order valence-electron chi connectivity index (χ3n) is 16.1. The molecule has 0 aliphatic rings. The van der Waals surface area contributed by atoms with Gasteiger partial charge in [-0.3, -0.25) is 14.4 Å². The zero-order chi connectivity index (χ0) is 57.8. The highest BCUT2D eigenvalue weighted by Gasteiger charge is 2.19. The van der Waals surface area contributed by atoms with Crippen molar-refractivity contribution in [2.45, 2.75) is 393 Å². The average molecular weight is 1120 g/mol. The highest BCUT2D eigenvalue weighted by Crippen LogP contribution is 2.19. The van der Waals surface area contributed by atoms with Gasteiger partial charge in [0, 0.05) is 19.3 Å². The van der Waals surface area contributed by atoms with Crippen LogP contribution in [0.4, 0.5) is 0 Å². The van der Waals surface area contributed by atoms with E-state index in [1.807, 2.05) is 0 Å². The van der Waals surface area contributed by atoms with Crippen LogP contribution in [0.15, 0.2) is 48.6 Å². The fourth-order valence-corrected chi connectivity index (χ4v) is 10.8. The van der Waals surface area contributed by atoms with Gasteiger partial charge in [0.1, 0.15) is 13.2 Å². The molecular weight excluding hydrogens is 985 g/mol. The summed E-state index contributed by atoms with van der Waals surface area (Å²) in [6, 6.07) is 0. The van der Waals surface area contributed by atoms with Crippen LogP contribution in [0.2, 0.25) is 0 Å². The number of unbranched alkanes of at least 4 members (excludes halogenated alkanes) is 47. The number of carbonyl (C=O) groups excluding carboxylic acids is 3. The first-order chi connectivity index (χ1) is 39.5. The van der Waals surface area contributed by atoms with E-state index < -0.39 is 6.10 Å². The minimum atomic E-state index is -0.770. The second-order valence-electron chi connectivity index (χ2n) is 24.1. The Balaban J connectivity index is 4.22.